The van der Waals surface area contributed by atoms with Crippen LogP contribution in [0.15, 0.2) is 140 Å². The fourth-order valence-electron chi connectivity index (χ4n) is 6.70. The number of hydrogen-bond acceptors (Lipinski definition) is 8. The Morgan fingerprint density at radius 2 is 1.66 bits per heavy atom. The summed E-state index contributed by atoms with van der Waals surface area (Å²) in [5, 5.41) is 11.6. The number of rotatable bonds is 19. The standard InChI is InChI=1S/C43H52N4O6/c1-7-12-33(8-2)37(10-4)41(34(9-3)13-11-26-48)31(5)14-15-32(6)52-27-24-45-20-22-46(23-21-45)25-28-53-36-16-17-38-35(29-36)30-47(43(38)51)39-18-19-40(49)44-42(39)50/h7-9,11-17,26,29,39,48H,1-3,5-6,10,18-25,27-28,30H2,4H3,(H,44,49,50)/b15-14-,26-11+,33-12+,34-13+,41-37+. The van der Waals surface area contributed by atoms with E-state index in [1.54, 1.807) is 47.4 Å². The Morgan fingerprint density at radius 3 is 2.28 bits per heavy atom. The molecule has 1 aromatic carbocycles. The van der Waals surface area contributed by atoms with Crippen LogP contribution in [-0.2, 0) is 20.9 Å². The highest BCUT2D eigenvalue weighted by Crippen LogP contribution is 2.32. The van der Waals surface area contributed by atoms with E-state index in [0.717, 1.165) is 79.0 Å². The largest absolute Gasteiger partial charge is 0.516 e. The maximum absolute atomic E-state index is 13.0. The van der Waals surface area contributed by atoms with E-state index >= 15 is 0 Å². The smallest absolute Gasteiger partial charge is 0.255 e. The summed E-state index contributed by atoms with van der Waals surface area (Å²) in [5.74, 6) is 0.315. The van der Waals surface area contributed by atoms with Gasteiger partial charge in [-0.2, -0.15) is 0 Å². The highest BCUT2D eigenvalue weighted by Gasteiger charge is 2.39. The van der Waals surface area contributed by atoms with Crippen molar-refractivity contribution < 1.29 is 29.0 Å². The van der Waals surface area contributed by atoms with Gasteiger partial charge in [-0.05, 0) is 76.6 Å². The number of benzene rings is 1. The lowest BCUT2D eigenvalue weighted by Crippen LogP contribution is -2.52. The SMILES string of the molecule is C=C/C=C(C=C)/C(CC)=C(C(=C)/C=C\C(=C)OCCN1CCN(CCOc2ccc3c(c2)CN(C2CCC(=O)NC2=O)C3=O)CC1)/C(C=C)=C/C=C/O. The van der Waals surface area contributed by atoms with Gasteiger partial charge in [0.15, 0.2) is 0 Å². The van der Waals surface area contributed by atoms with Crippen molar-refractivity contribution >= 4 is 17.7 Å². The molecule has 10 heteroatoms. The van der Waals surface area contributed by atoms with Crippen LogP contribution in [0.5, 0.6) is 5.75 Å². The van der Waals surface area contributed by atoms with Crippen LogP contribution >= 0.6 is 0 Å². The highest BCUT2D eigenvalue weighted by molar-refractivity contribution is 6.05. The summed E-state index contributed by atoms with van der Waals surface area (Å²) in [6, 6.07) is 4.80. The van der Waals surface area contributed by atoms with Crippen LogP contribution < -0.4 is 10.1 Å². The Kier molecular flexibility index (Phi) is 15.2. The number of carbonyl (C=O) groups is 3. The van der Waals surface area contributed by atoms with Gasteiger partial charge in [0.1, 0.15) is 30.8 Å². The molecule has 0 aliphatic carbocycles. The normalized spacial score (nSPS) is 19.2. The molecule has 0 aromatic heterocycles. The van der Waals surface area contributed by atoms with Crippen molar-refractivity contribution in [2.45, 2.75) is 38.8 Å². The molecule has 10 nitrogen and oxygen atoms in total. The van der Waals surface area contributed by atoms with Crippen molar-refractivity contribution in [2.75, 3.05) is 52.5 Å². The molecule has 0 spiro atoms. The molecule has 0 saturated carbocycles. The van der Waals surface area contributed by atoms with E-state index in [0.29, 0.717) is 49.7 Å². The Balaban J connectivity index is 1.20. The molecule has 1 aromatic rings. The van der Waals surface area contributed by atoms with E-state index in [1.807, 2.05) is 24.3 Å². The number of fused-ring (bicyclic) bond motifs is 1. The third kappa shape index (κ3) is 10.8. The van der Waals surface area contributed by atoms with Crippen molar-refractivity contribution in [2.24, 2.45) is 0 Å². The number of aliphatic hydroxyl groups excluding tert-OH is 1. The summed E-state index contributed by atoms with van der Waals surface area (Å²) >= 11 is 0. The van der Waals surface area contributed by atoms with E-state index in [1.165, 1.54) is 0 Å². The third-order valence-electron chi connectivity index (χ3n) is 9.51. The van der Waals surface area contributed by atoms with E-state index in [4.69, 9.17) is 9.47 Å². The number of carbonyl (C=O) groups excluding carboxylic acids is 3. The maximum atomic E-state index is 13.0. The molecule has 3 aliphatic heterocycles. The van der Waals surface area contributed by atoms with E-state index < -0.39 is 11.9 Å². The molecule has 0 bridgehead atoms. The summed E-state index contributed by atoms with van der Waals surface area (Å²) in [7, 11) is 0. The number of piperidine rings is 1. The number of nitrogens with one attached hydrogen (secondary N) is 1. The van der Waals surface area contributed by atoms with Crippen molar-refractivity contribution in [3.63, 3.8) is 0 Å². The lowest BCUT2D eigenvalue weighted by atomic mass is 9.87. The number of amides is 3. The summed E-state index contributed by atoms with van der Waals surface area (Å²) in [4.78, 5) is 43.1. The molecular weight excluding hydrogens is 668 g/mol. The average Bonchev–Trinajstić information content (AvgIpc) is 3.48. The number of piperazine rings is 1. The molecule has 53 heavy (non-hydrogen) atoms. The fraction of sp³-hybridized carbons (Fsp3) is 0.326. The Morgan fingerprint density at radius 1 is 0.962 bits per heavy atom. The lowest BCUT2D eigenvalue weighted by molar-refractivity contribution is -0.136. The van der Waals surface area contributed by atoms with Crippen molar-refractivity contribution in [1.82, 2.24) is 20.0 Å². The molecular formula is C43H52N4O6. The molecule has 3 heterocycles. The molecule has 1 unspecified atom stereocenters. The zero-order valence-electron chi connectivity index (χ0n) is 30.9. The van der Waals surface area contributed by atoms with E-state index in [-0.39, 0.29) is 18.2 Å². The van der Waals surface area contributed by atoms with Gasteiger partial charge in [0.25, 0.3) is 5.91 Å². The van der Waals surface area contributed by atoms with Gasteiger partial charge >= 0.3 is 0 Å². The monoisotopic (exact) mass is 720 g/mol. The van der Waals surface area contributed by atoms with Crippen LogP contribution in [0.2, 0.25) is 0 Å². The first-order valence-corrected chi connectivity index (χ1v) is 18.0. The molecule has 3 amide bonds. The predicted octanol–water partition coefficient (Wildman–Crippen LogP) is 6.28. The Labute approximate surface area is 313 Å². The van der Waals surface area contributed by atoms with Gasteiger partial charge in [-0.25, -0.2) is 0 Å². The fourth-order valence-corrected chi connectivity index (χ4v) is 6.70. The van der Waals surface area contributed by atoms with Gasteiger partial charge < -0.3 is 19.5 Å². The minimum absolute atomic E-state index is 0.192. The maximum Gasteiger partial charge on any atom is 0.255 e. The molecule has 2 fully saturated rings. The highest BCUT2D eigenvalue weighted by atomic mass is 16.5. The Hall–Kier alpha value is -5.45. The van der Waals surface area contributed by atoms with Crippen molar-refractivity contribution in [3.05, 3.63) is 151 Å². The number of aliphatic hydroxyl groups is 1. The van der Waals surface area contributed by atoms with Gasteiger partial charge in [-0.1, -0.05) is 76.3 Å². The second-order valence-corrected chi connectivity index (χ2v) is 12.9. The van der Waals surface area contributed by atoms with Crippen molar-refractivity contribution in [3.8, 4) is 5.75 Å². The predicted molar refractivity (Wildman–Crippen MR) is 210 cm³/mol. The average molecular weight is 721 g/mol. The van der Waals surface area contributed by atoms with Crippen LogP contribution in [0.25, 0.3) is 0 Å². The molecule has 280 valence electrons. The number of hydrogen-bond donors (Lipinski definition) is 2. The lowest BCUT2D eigenvalue weighted by Gasteiger charge is -2.34. The first-order valence-electron chi connectivity index (χ1n) is 18.0. The summed E-state index contributed by atoms with van der Waals surface area (Å²) in [6.07, 6.45) is 16.4. The quantitative estimate of drug-likeness (QED) is 0.0978. The van der Waals surface area contributed by atoms with Crippen LogP contribution in [0.4, 0.5) is 0 Å². The minimum atomic E-state index is -0.633. The Bertz CT molecular complexity index is 1750. The number of allylic oxidation sites excluding steroid dienone is 13. The number of ether oxygens (including phenoxy) is 2. The third-order valence-corrected chi connectivity index (χ3v) is 9.51. The molecule has 2 saturated heterocycles. The van der Waals surface area contributed by atoms with Crippen LogP contribution in [0.1, 0.15) is 42.1 Å². The van der Waals surface area contributed by atoms with Crippen molar-refractivity contribution in [1.29, 1.82) is 0 Å². The molecule has 3 aliphatic rings. The molecule has 1 atom stereocenters. The van der Waals surface area contributed by atoms with E-state index in [9.17, 15) is 19.5 Å². The first-order chi connectivity index (χ1) is 25.6. The molecule has 4 rings (SSSR count). The molecule has 2 N–H and O–H groups in total. The van der Waals surface area contributed by atoms with Gasteiger partial charge in [-0.15, -0.1) is 0 Å². The summed E-state index contributed by atoms with van der Waals surface area (Å²) in [6.45, 7) is 28.8. The van der Waals surface area contributed by atoms with Gasteiger partial charge in [0, 0.05) is 57.8 Å². The van der Waals surface area contributed by atoms with Crippen LogP contribution in [0, 0.1) is 0 Å². The van der Waals surface area contributed by atoms with Gasteiger partial charge in [0.2, 0.25) is 11.8 Å². The summed E-state index contributed by atoms with van der Waals surface area (Å²) in [5.41, 5.74) is 5.76. The minimum Gasteiger partial charge on any atom is -0.516 e. The topological polar surface area (TPSA) is 112 Å². The zero-order valence-corrected chi connectivity index (χ0v) is 30.9. The second-order valence-electron chi connectivity index (χ2n) is 12.9. The second kappa shape index (κ2) is 20.0. The van der Waals surface area contributed by atoms with Gasteiger partial charge in [-0.3, -0.25) is 29.5 Å². The number of imide groups is 1. The summed E-state index contributed by atoms with van der Waals surface area (Å²) < 4.78 is 12.0. The van der Waals surface area contributed by atoms with Crippen LogP contribution in [-0.4, -0.2) is 96.1 Å². The van der Waals surface area contributed by atoms with Gasteiger partial charge in [0.05, 0.1) is 6.26 Å². The van der Waals surface area contributed by atoms with Crippen LogP contribution in [0.3, 0.4) is 0 Å². The first kappa shape index (κ1) is 40.3. The number of nitrogens with zero attached hydrogens (tertiary/aromatic N) is 3. The molecule has 0 radical (unpaired) electrons. The van der Waals surface area contributed by atoms with E-state index in [2.05, 4.69) is 54.9 Å². The zero-order chi connectivity index (χ0) is 38.3.